The molecule has 1 saturated carbocycles. The van der Waals surface area contributed by atoms with Gasteiger partial charge in [-0.15, -0.1) is 0 Å². The van der Waals surface area contributed by atoms with Crippen molar-refractivity contribution in [3.05, 3.63) is 0 Å². The van der Waals surface area contributed by atoms with Gasteiger partial charge in [-0.1, -0.05) is 0 Å². The van der Waals surface area contributed by atoms with Crippen LogP contribution in [0.15, 0.2) is 0 Å². The maximum absolute atomic E-state index is 12.5. The van der Waals surface area contributed by atoms with Crippen LogP contribution in [0, 0.1) is 5.92 Å². The lowest BCUT2D eigenvalue weighted by atomic mass is 9.81. The second kappa shape index (κ2) is 6.10. The summed E-state index contributed by atoms with van der Waals surface area (Å²) in [6, 6.07) is 0. The van der Waals surface area contributed by atoms with E-state index in [2.05, 4.69) is 10.6 Å². The number of methoxy groups -OCH3 is 1. The van der Waals surface area contributed by atoms with Gasteiger partial charge in [-0.05, 0) is 0 Å². The summed E-state index contributed by atoms with van der Waals surface area (Å²) in [5.74, 6) is -3.40. The summed E-state index contributed by atoms with van der Waals surface area (Å²) in [7, 11) is 1.61. The Morgan fingerprint density at radius 3 is 2.62 bits per heavy atom. The fourth-order valence-corrected chi connectivity index (χ4v) is 1.56. The molecule has 1 aliphatic carbocycles. The van der Waals surface area contributed by atoms with Crippen molar-refractivity contribution >= 4 is 5.91 Å². The van der Waals surface area contributed by atoms with Crippen molar-refractivity contribution in [2.45, 2.75) is 18.8 Å². The number of carbonyl (C=O) groups excluding carboxylic acids is 1. The van der Waals surface area contributed by atoms with Gasteiger partial charge in [0.1, 0.15) is 0 Å². The molecule has 2 N–H and O–H groups in total. The van der Waals surface area contributed by atoms with Crippen molar-refractivity contribution < 1.29 is 18.3 Å². The summed E-state index contributed by atoms with van der Waals surface area (Å²) in [4.78, 5) is 11.3. The highest BCUT2D eigenvalue weighted by Gasteiger charge is 2.48. The highest BCUT2D eigenvalue weighted by molar-refractivity contribution is 5.79. The van der Waals surface area contributed by atoms with Crippen LogP contribution in [-0.2, 0) is 9.53 Å². The third kappa shape index (κ3) is 4.40. The van der Waals surface area contributed by atoms with Crippen LogP contribution < -0.4 is 10.6 Å². The van der Waals surface area contributed by atoms with Crippen LogP contribution in [0.4, 0.5) is 8.78 Å². The fraction of sp³-hybridized carbons (Fsp3) is 0.900. The molecule has 0 aromatic carbocycles. The largest absolute Gasteiger partial charge is 0.383 e. The van der Waals surface area contributed by atoms with Crippen molar-refractivity contribution in [3.63, 3.8) is 0 Å². The molecule has 1 fully saturated rings. The number of amides is 1. The second-order valence-electron chi connectivity index (χ2n) is 3.99. The molecular weight excluding hydrogens is 218 g/mol. The molecular formula is C10H18F2N2O2. The first-order chi connectivity index (χ1) is 7.55. The molecule has 1 aliphatic rings. The van der Waals surface area contributed by atoms with Crippen LogP contribution in [0.25, 0.3) is 0 Å². The maximum Gasteiger partial charge on any atom is 0.249 e. The maximum atomic E-state index is 12.5. The van der Waals surface area contributed by atoms with Crippen LogP contribution in [0.2, 0.25) is 0 Å². The first kappa shape index (κ1) is 13.3. The van der Waals surface area contributed by atoms with Gasteiger partial charge >= 0.3 is 0 Å². The third-order valence-electron chi connectivity index (χ3n) is 2.54. The zero-order valence-electron chi connectivity index (χ0n) is 9.39. The first-order valence-corrected chi connectivity index (χ1v) is 5.40. The number of hydrogen-bond donors (Lipinski definition) is 2. The minimum Gasteiger partial charge on any atom is -0.383 e. The van der Waals surface area contributed by atoms with Crippen molar-refractivity contribution in [2.75, 3.05) is 33.4 Å². The van der Waals surface area contributed by atoms with Gasteiger partial charge in [0.15, 0.2) is 0 Å². The smallest absolute Gasteiger partial charge is 0.249 e. The van der Waals surface area contributed by atoms with Gasteiger partial charge < -0.3 is 15.4 Å². The van der Waals surface area contributed by atoms with Crippen molar-refractivity contribution in [1.82, 2.24) is 10.6 Å². The van der Waals surface area contributed by atoms with E-state index in [4.69, 9.17) is 4.74 Å². The van der Waals surface area contributed by atoms with Crippen molar-refractivity contribution in [3.8, 4) is 0 Å². The molecule has 1 amide bonds. The minimum absolute atomic E-state index is 0.264. The Kier molecular flexibility index (Phi) is 5.08. The van der Waals surface area contributed by atoms with E-state index in [1.54, 1.807) is 7.11 Å². The van der Waals surface area contributed by atoms with Gasteiger partial charge in [-0.3, -0.25) is 4.79 Å². The van der Waals surface area contributed by atoms with Crippen LogP contribution >= 0.6 is 0 Å². The quantitative estimate of drug-likeness (QED) is 0.628. The van der Waals surface area contributed by atoms with Crippen LogP contribution in [0.3, 0.4) is 0 Å². The number of ether oxygens (including phenoxy) is 1. The van der Waals surface area contributed by atoms with E-state index in [1.165, 1.54) is 0 Å². The number of alkyl halides is 2. The van der Waals surface area contributed by atoms with E-state index in [1.807, 2.05) is 0 Å². The summed E-state index contributed by atoms with van der Waals surface area (Å²) >= 11 is 0. The Labute approximate surface area is 93.7 Å². The van der Waals surface area contributed by atoms with Crippen molar-refractivity contribution in [1.29, 1.82) is 0 Å². The highest BCUT2D eigenvalue weighted by atomic mass is 19.3. The lowest BCUT2D eigenvalue weighted by molar-refractivity contribution is -0.150. The molecule has 6 heteroatoms. The third-order valence-corrected chi connectivity index (χ3v) is 2.54. The lowest BCUT2D eigenvalue weighted by Gasteiger charge is -2.33. The Bertz CT molecular complexity index is 229. The van der Waals surface area contributed by atoms with Crippen molar-refractivity contribution in [2.24, 2.45) is 5.92 Å². The van der Waals surface area contributed by atoms with Gasteiger partial charge in [0.2, 0.25) is 11.8 Å². The molecule has 0 unspecified atom stereocenters. The molecule has 16 heavy (non-hydrogen) atoms. The van der Waals surface area contributed by atoms with Crippen LogP contribution in [0.5, 0.6) is 0 Å². The van der Waals surface area contributed by atoms with Crippen LogP contribution in [-0.4, -0.2) is 45.2 Å². The Hall–Kier alpha value is -0.750. The Balaban J connectivity index is 1.95. The number of halogens is 2. The predicted octanol–water partition coefficient (Wildman–Crippen LogP) is 0.384. The molecule has 94 valence electrons. The van der Waals surface area contributed by atoms with Gasteiger partial charge in [0.25, 0.3) is 0 Å². The number of rotatable bonds is 7. The second-order valence-corrected chi connectivity index (χ2v) is 3.99. The topological polar surface area (TPSA) is 50.4 Å². The minimum atomic E-state index is -2.63. The molecule has 0 radical (unpaired) electrons. The fourth-order valence-electron chi connectivity index (χ4n) is 1.56. The zero-order valence-corrected chi connectivity index (χ0v) is 9.39. The average molecular weight is 236 g/mol. The molecule has 0 spiro atoms. The average Bonchev–Trinajstić information content (AvgIpc) is 2.19. The summed E-state index contributed by atoms with van der Waals surface area (Å²) in [6.45, 7) is 2.42. The van der Waals surface area contributed by atoms with Crippen LogP contribution in [0.1, 0.15) is 12.8 Å². The zero-order chi connectivity index (χ0) is 12.0. The van der Waals surface area contributed by atoms with Gasteiger partial charge in [0.05, 0.1) is 6.61 Å². The Morgan fingerprint density at radius 1 is 1.38 bits per heavy atom. The molecule has 0 atom stereocenters. The molecule has 1 rings (SSSR count). The van der Waals surface area contributed by atoms with E-state index in [-0.39, 0.29) is 18.7 Å². The predicted molar refractivity (Wildman–Crippen MR) is 55.4 cm³/mol. The molecule has 4 nitrogen and oxygen atoms in total. The van der Waals surface area contributed by atoms with Gasteiger partial charge in [-0.2, -0.15) is 0 Å². The monoisotopic (exact) mass is 236 g/mol. The van der Waals surface area contributed by atoms with Gasteiger partial charge in [0, 0.05) is 45.5 Å². The number of carbonyl (C=O) groups is 1. The van der Waals surface area contributed by atoms with E-state index in [0.717, 1.165) is 0 Å². The SMILES string of the molecule is COCCNCCNC(=O)C1CC(F)(F)C1. The molecule has 0 aromatic heterocycles. The standard InChI is InChI=1S/C10H18F2N2O2/c1-16-5-4-13-2-3-14-9(15)8-6-10(11,12)7-8/h8,13H,2-7H2,1H3,(H,14,15). The number of nitrogens with one attached hydrogen (secondary N) is 2. The highest BCUT2D eigenvalue weighted by Crippen LogP contribution is 2.42. The molecule has 0 aliphatic heterocycles. The normalized spacial score (nSPS) is 19.2. The van der Waals surface area contributed by atoms with E-state index in [9.17, 15) is 13.6 Å². The van der Waals surface area contributed by atoms with E-state index in [0.29, 0.717) is 26.2 Å². The molecule has 0 aromatic rings. The molecule has 0 bridgehead atoms. The first-order valence-electron chi connectivity index (χ1n) is 5.40. The lowest BCUT2D eigenvalue weighted by Crippen LogP contribution is -2.46. The number of hydrogen-bond acceptors (Lipinski definition) is 3. The van der Waals surface area contributed by atoms with E-state index < -0.39 is 11.8 Å². The molecule has 0 heterocycles. The Morgan fingerprint density at radius 2 is 2.06 bits per heavy atom. The van der Waals surface area contributed by atoms with Gasteiger partial charge in [-0.25, -0.2) is 8.78 Å². The summed E-state index contributed by atoms with van der Waals surface area (Å²) in [5, 5.41) is 5.67. The molecule has 0 saturated heterocycles. The summed E-state index contributed by atoms with van der Waals surface area (Å²) in [5.41, 5.74) is 0. The summed E-state index contributed by atoms with van der Waals surface area (Å²) < 4.78 is 29.8. The summed E-state index contributed by atoms with van der Waals surface area (Å²) in [6.07, 6.45) is -0.619. The van der Waals surface area contributed by atoms with E-state index >= 15 is 0 Å².